The molecule has 4 aliphatic heterocycles. The highest BCUT2D eigenvalue weighted by Crippen LogP contribution is 2.39. The molecule has 4 amide bonds. The molecule has 8 rings (SSSR count). The number of carbonyl (C=O) groups is 3. The second kappa shape index (κ2) is 21.8. The normalized spacial score (nSPS) is 22.4. The first-order valence-electron chi connectivity index (χ1n) is 21.3. The standard InChI is InChI=1S/C23H27Cl2N5O2.C23H26Cl2N4O3/c24-15-3-1-14(2-4-15)12-30-18-6-7-19(30)11-17(10-18)28-22(31)13-32-21-8-5-16(25)9-20(21)29-23(26)27;24-15-3-1-14(2-4-15)12-29-18-6-7-19(29)11-17(10-18)27-22(30)13-32-21-8-5-16(25)9-20(21)28-23(26)31/h1-5,8-9,17-19H,6-7,10-13H2,(H,28,31)(H4,26,27,29);1-5,8-9,17-19H,6-7,10-13H2,(H,27,30)(H3,26,28,31). The average Bonchev–Trinajstić information content (AvgIpc) is 3.60. The number of rotatable bonds is 14. The van der Waals surface area contributed by atoms with Gasteiger partial charge in [-0.15, -0.1) is 0 Å². The van der Waals surface area contributed by atoms with Crippen LogP contribution in [0.4, 0.5) is 16.2 Å². The minimum Gasteiger partial charge on any atom is -0.482 e. The average molecular weight is 954 g/mol. The van der Waals surface area contributed by atoms with Crippen molar-refractivity contribution in [2.24, 2.45) is 22.2 Å². The van der Waals surface area contributed by atoms with Crippen molar-refractivity contribution < 1.29 is 23.9 Å². The van der Waals surface area contributed by atoms with Gasteiger partial charge in [-0.1, -0.05) is 70.7 Å². The molecule has 0 aliphatic carbocycles. The van der Waals surface area contributed by atoms with Crippen LogP contribution in [0.2, 0.25) is 20.1 Å². The molecule has 0 aromatic heterocycles. The van der Waals surface area contributed by atoms with E-state index in [0.717, 1.165) is 74.5 Å². The zero-order valence-electron chi connectivity index (χ0n) is 35.2. The molecule has 0 saturated carbocycles. The zero-order chi connectivity index (χ0) is 45.3. The minimum atomic E-state index is -0.734. The van der Waals surface area contributed by atoms with Crippen LogP contribution in [0.25, 0.3) is 0 Å². The number of nitrogens with two attached hydrogens (primary N) is 3. The topological polar surface area (TPSA) is 203 Å². The SMILES string of the molecule is NC(=O)Nc1cc(Cl)ccc1OCC(=O)NC1CC2CCC(C1)N2Cc1ccc(Cl)cc1.NC(N)=Nc1cc(Cl)ccc1OCC(=O)NC1CC2CCC(C1)N2Cc1ccc(Cl)cc1. The van der Waals surface area contributed by atoms with Crippen molar-refractivity contribution in [3.63, 3.8) is 0 Å². The number of urea groups is 1. The van der Waals surface area contributed by atoms with Gasteiger partial charge in [0, 0.05) is 69.4 Å². The van der Waals surface area contributed by atoms with E-state index in [1.807, 2.05) is 24.3 Å². The van der Waals surface area contributed by atoms with Crippen LogP contribution >= 0.6 is 46.4 Å². The number of halogens is 4. The van der Waals surface area contributed by atoms with Crippen molar-refractivity contribution in [1.82, 2.24) is 20.4 Å². The smallest absolute Gasteiger partial charge is 0.316 e. The molecule has 14 nitrogen and oxygen atoms in total. The van der Waals surface area contributed by atoms with Crippen LogP contribution in [-0.4, -0.2) is 83.1 Å². The maximum atomic E-state index is 12.5. The van der Waals surface area contributed by atoms with Gasteiger partial charge in [0.2, 0.25) is 0 Å². The molecule has 0 spiro atoms. The molecule has 4 saturated heterocycles. The Bertz CT molecular complexity index is 2270. The first-order chi connectivity index (χ1) is 30.7. The Morgan fingerprint density at radius 2 is 0.984 bits per heavy atom. The number of hydrogen-bond donors (Lipinski definition) is 6. The first-order valence-corrected chi connectivity index (χ1v) is 22.9. The number of amides is 4. The molecule has 4 atom stereocenters. The third-order valence-corrected chi connectivity index (χ3v) is 13.1. The third-order valence-electron chi connectivity index (χ3n) is 12.1. The summed E-state index contributed by atoms with van der Waals surface area (Å²) in [5.74, 6) is 0.270. The monoisotopic (exact) mass is 951 g/mol. The predicted molar refractivity (Wildman–Crippen MR) is 253 cm³/mol. The number of carbonyl (C=O) groups excluding carboxylic acids is 3. The van der Waals surface area contributed by atoms with Gasteiger partial charge in [0.05, 0.1) is 5.69 Å². The summed E-state index contributed by atoms with van der Waals surface area (Å²) in [5, 5.41) is 11.1. The lowest BCUT2D eigenvalue weighted by atomic mass is 9.96. The van der Waals surface area contributed by atoms with E-state index in [0.29, 0.717) is 57.1 Å². The van der Waals surface area contributed by atoms with Gasteiger partial charge >= 0.3 is 6.03 Å². The number of primary amides is 1. The molecule has 4 bridgehead atoms. The summed E-state index contributed by atoms with van der Waals surface area (Å²) in [7, 11) is 0. The van der Waals surface area contributed by atoms with Gasteiger partial charge in [-0.25, -0.2) is 9.79 Å². The highest BCUT2D eigenvalue weighted by Gasteiger charge is 2.42. The highest BCUT2D eigenvalue weighted by molar-refractivity contribution is 6.31. The van der Waals surface area contributed by atoms with Crippen molar-refractivity contribution >= 4 is 81.6 Å². The van der Waals surface area contributed by atoms with Crippen molar-refractivity contribution in [2.45, 2.75) is 101 Å². The van der Waals surface area contributed by atoms with Crippen molar-refractivity contribution in [1.29, 1.82) is 0 Å². The fraction of sp³-hybridized carbons (Fsp3) is 0.391. The van der Waals surface area contributed by atoms with Crippen LogP contribution in [-0.2, 0) is 22.7 Å². The lowest BCUT2D eigenvalue weighted by Crippen LogP contribution is -2.50. The number of aliphatic imine (C=N–C) groups is 1. The predicted octanol–water partition coefficient (Wildman–Crippen LogP) is 7.76. The number of nitrogens with zero attached hydrogens (tertiary/aromatic N) is 3. The molecule has 4 aliphatic rings. The molecule has 9 N–H and O–H groups in total. The van der Waals surface area contributed by atoms with Gasteiger partial charge in [0.25, 0.3) is 11.8 Å². The van der Waals surface area contributed by atoms with Gasteiger partial charge in [-0.05, 0) is 123 Å². The maximum absolute atomic E-state index is 12.5. The lowest BCUT2D eigenvalue weighted by molar-refractivity contribution is -0.125. The van der Waals surface area contributed by atoms with Crippen LogP contribution in [0, 0.1) is 0 Å². The Labute approximate surface area is 393 Å². The lowest BCUT2D eigenvalue weighted by Gasteiger charge is -2.39. The summed E-state index contributed by atoms with van der Waals surface area (Å²) < 4.78 is 11.3. The Hall–Kier alpha value is -4.96. The first kappa shape index (κ1) is 47.0. The Kier molecular flexibility index (Phi) is 16.0. The number of nitrogens with one attached hydrogen (secondary N) is 3. The number of benzene rings is 4. The summed E-state index contributed by atoms with van der Waals surface area (Å²) in [5.41, 5.74) is 19.3. The van der Waals surface area contributed by atoms with E-state index < -0.39 is 6.03 Å². The number of guanidine groups is 1. The van der Waals surface area contributed by atoms with Crippen LogP contribution < -0.4 is 42.6 Å². The number of fused-ring (bicyclic) bond motifs is 4. The van der Waals surface area contributed by atoms with Crippen LogP contribution in [0.15, 0.2) is 89.9 Å². The maximum Gasteiger partial charge on any atom is 0.316 e. The van der Waals surface area contributed by atoms with Crippen molar-refractivity contribution in [3.8, 4) is 11.5 Å². The Balaban J connectivity index is 0.000000191. The second-order valence-corrected chi connectivity index (χ2v) is 18.4. The van der Waals surface area contributed by atoms with E-state index in [-0.39, 0.29) is 43.1 Å². The molecular formula is C46H53Cl4N9O5. The fourth-order valence-electron chi connectivity index (χ4n) is 9.42. The molecular weight excluding hydrogens is 900 g/mol. The molecule has 18 heteroatoms. The molecule has 4 heterocycles. The van der Waals surface area contributed by atoms with Gasteiger partial charge < -0.3 is 42.6 Å². The number of piperidine rings is 2. The minimum absolute atomic E-state index is 0.109. The zero-order valence-corrected chi connectivity index (χ0v) is 38.2. The second-order valence-electron chi connectivity index (χ2n) is 16.7. The molecule has 4 fully saturated rings. The molecule has 64 heavy (non-hydrogen) atoms. The van der Waals surface area contributed by atoms with Crippen molar-refractivity contribution in [3.05, 3.63) is 116 Å². The summed E-state index contributed by atoms with van der Waals surface area (Å²) in [6.45, 7) is 1.55. The quantitative estimate of drug-likeness (QED) is 0.0540. The van der Waals surface area contributed by atoms with E-state index in [4.69, 9.17) is 73.1 Å². The summed E-state index contributed by atoms with van der Waals surface area (Å²) >= 11 is 24.0. The van der Waals surface area contributed by atoms with Gasteiger partial charge in [0.1, 0.15) is 17.2 Å². The van der Waals surface area contributed by atoms with E-state index in [1.54, 1.807) is 30.3 Å². The van der Waals surface area contributed by atoms with E-state index >= 15 is 0 Å². The molecule has 4 aromatic carbocycles. The molecule has 4 aromatic rings. The number of anilines is 1. The molecule has 340 valence electrons. The fourth-order valence-corrected chi connectivity index (χ4v) is 10.0. The Morgan fingerprint density at radius 1 is 0.578 bits per heavy atom. The van der Waals surface area contributed by atoms with Crippen LogP contribution in [0.1, 0.15) is 62.5 Å². The van der Waals surface area contributed by atoms with E-state index in [2.05, 4.69) is 55.0 Å². The van der Waals surface area contributed by atoms with Crippen LogP contribution in [0.5, 0.6) is 11.5 Å². The van der Waals surface area contributed by atoms with Gasteiger partial charge in [-0.2, -0.15) is 0 Å². The van der Waals surface area contributed by atoms with Gasteiger partial charge in [-0.3, -0.25) is 19.4 Å². The summed E-state index contributed by atoms with van der Waals surface area (Å²) in [4.78, 5) is 45.4. The van der Waals surface area contributed by atoms with Crippen molar-refractivity contribution in [2.75, 3.05) is 18.5 Å². The van der Waals surface area contributed by atoms with E-state index in [1.165, 1.54) is 17.2 Å². The van der Waals surface area contributed by atoms with Gasteiger partial charge in [0.15, 0.2) is 19.2 Å². The summed E-state index contributed by atoms with van der Waals surface area (Å²) in [6.07, 6.45) is 8.34. The Morgan fingerprint density at radius 3 is 1.42 bits per heavy atom. The van der Waals surface area contributed by atoms with Crippen LogP contribution in [0.3, 0.4) is 0 Å². The third kappa shape index (κ3) is 13.1. The molecule has 0 radical (unpaired) electrons. The summed E-state index contributed by atoms with van der Waals surface area (Å²) in [6, 6.07) is 27.1. The van der Waals surface area contributed by atoms with E-state index in [9.17, 15) is 14.4 Å². The number of ether oxygens (including phenoxy) is 2. The molecule has 4 unspecified atom stereocenters. The largest absolute Gasteiger partial charge is 0.482 e. The number of hydrogen-bond acceptors (Lipinski definition) is 8. The highest BCUT2D eigenvalue weighted by atomic mass is 35.5.